The van der Waals surface area contributed by atoms with Crippen LogP contribution in [-0.2, 0) is 11.3 Å². The zero-order chi connectivity index (χ0) is 15.9. The van der Waals surface area contributed by atoms with Gasteiger partial charge in [0.25, 0.3) is 0 Å². The van der Waals surface area contributed by atoms with Gasteiger partial charge in [0, 0.05) is 19.6 Å². The average Bonchev–Trinajstić information content (AvgIpc) is 2.55. The lowest BCUT2D eigenvalue weighted by atomic mass is 9.99. The summed E-state index contributed by atoms with van der Waals surface area (Å²) in [6, 6.07) is 5.78. The molecule has 0 aliphatic carbocycles. The molecule has 5 heteroatoms. The minimum absolute atomic E-state index is 0.187. The van der Waals surface area contributed by atoms with E-state index in [-0.39, 0.29) is 5.91 Å². The molecule has 0 atom stereocenters. The van der Waals surface area contributed by atoms with Gasteiger partial charge in [-0.25, -0.2) is 0 Å². The van der Waals surface area contributed by atoms with Gasteiger partial charge in [-0.15, -0.1) is 0 Å². The van der Waals surface area contributed by atoms with Crippen molar-refractivity contribution in [1.82, 2.24) is 10.2 Å². The van der Waals surface area contributed by atoms with E-state index in [1.54, 1.807) is 14.2 Å². The predicted octanol–water partition coefficient (Wildman–Crippen LogP) is 2.05. The maximum Gasteiger partial charge on any atom is 0.236 e. The van der Waals surface area contributed by atoms with Gasteiger partial charge in [-0.3, -0.25) is 4.79 Å². The fraction of sp³-hybridized carbons (Fsp3) is 0.588. The molecule has 0 bridgehead atoms. The third kappa shape index (κ3) is 4.37. The lowest BCUT2D eigenvalue weighted by molar-refractivity contribution is -0.131. The summed E-state index contributed by atoms with van der Waals surface area (Å²) in [7, 11) is 3.24. The van der Waals surface area contributed by atoms with Gasteiger partial charge in [-0.1, -0.05) is 13.0 Å². The molecule has 2 rings (SSSR count). The maximum absolute atomic E-state index is 12.1. The molecule has 1 aliphatic rings. The second-order valence-electron chi connectivity index (χ2n) is 5.86. The van der Waals surface area contributed by atoms with E-state index in [1.807, 2.05) is 23.1 Å². The number of methoxy groups -OCH3 is 2. The van der Waals surface area contributed by atoms with E-state index in [9.17, 15) is 4.79 Å². The highest BCUT2D eigenvalue weighted by Crippen LogP contribution is 2.27. The summed E-state index contributed by atoms with van der Waals surface area (Å²) >= 11 is 0. The van der Waals surface area contributed by atoms with Crippen LogP contribution in [0, 0.1) is 5.92 Å². The first kappa shape index (κ1) is 16.6. The lowest BCUT2D eigenvalue weighted by Crippen LogP contribution is -2.42. The molecule has 5 nitrogen and oxygen atoms in total. The number of hydrogen-bond acceptors (Lipinski definition) is 4. The largest absolute Gasteiger partial charge is 0.493 e. The number of likely N-dealkylation sites (tertiary alicyclic amines) is 1. The molecule has 1 heterocycles. The molecule has 1 aliphatic heterocycles. The second-order valence-corrected chi connectivity index (χ2v) is 5.86. The van der Waals surface area contributed by atoms with E-state index < -0.39 is 0 Å². The van der Waals surface area contributed by atoms with Crippen LogP contribution in [0.15, 0.2) is 18.2 Å². The number of benzene rings is 1. The van der Waals surface area contributed by atoms with Gasteiger partial charge < -0.3 is 19.7 Å². The molecule has 1 amide bonds. The van der Waals surface area contributed by atoms with Gasteiger partial charge in [0.1, 0.15) is 0 Å². The van der Waals surface area contributed by atoms with E-state index in [0.717, 1.165) is 37.4 Å². The predicted molar refractivity (Wildman–Crippen MR) is 86.2 cm³/mol. The quantitative estimate of drug-likeness (QED) is 0.874. The minimum atomic E-state index is 0.187. The standard InChI is InChI=1S/C17H26N2O3/c1-13-6-8-19(9-7-13)17(20)12-18-11-14-4-5-15(21-2)16(10-14)22-3/h4-5,10,13,18H,6-9,11-12H2,1-3H3. The van der Waals surface area contributed by atoms with Crippen LogP contribution in [0.1, 0.15) is 25.3 Å². The van der Waals surface area contributed by atoms with Crippen molar-refractivity contribution in [3.63, 3.8) is 0 Å². The molecule has 0 saturated carbocycles. The van der Waals surface area contributed by atoms with Gasteiger partial charge in [0.05, 0.1) is 20.8 Å². The normalized spacial score (nSPS) is 15.7. The highest BCUT2D eigenvalue weighted by Gasteiger charge is 2.19. The van der Waals surface area contributed by atoms with Crippen LogP contribution >= 0.6 is 0 Å². The highest BCUT2D eigenvalue weighted by atomic mass is 16.5. The molecule has 1 fully saturated rings. The minimum Gasteiger partial charge on any atom is -0.493 e. The average molecular weight is 306 g/mol. The van der Waals surface area contributed by atoms with Crippen molar-refractivity contribution in [3.05, 3.63) is 23.8 Å². The number of nitrogens with zero attached hydrogens (tertiary/aromatic N) is 1. The van der Waals surface area contributed by atoms with E-state index in [2.05, 4.69) is 12.2 Å². The smallest absolute Gasteiger partial charge is 0.236 e. The zero-order valence-corrected chi connectivity index (χ0v) is 13.7. The van der Waals surface area contributed by atoms with Gasteiger partial charge in [0.15, 0.2) is 11.5 Å². The van der Waals surface area contributed by atoms with Crippen LogP contribution in [0.25, 0.3) is 0 Å². The van der Waals surface area contributed by atoms with Crippen molar-refractivity contribution in [2.75, 3.05) is 33.9 Å². The van der Waals surface area contributed by atoms with Crippen molar-refractivity contribution in [1.29, 1.82) is 0 Å². The number of amides is 1. The summed E-state index contributed by atoms with van der Waals surface area (Å²) < 4.78 is 10.5. The zero-order valence-electron chi connectivity index (χ0n) is 13.7. The number of ether oxygens (including phenoxy) is 2. The molecular weight excluding hydrogens is 280 g/mol. The Bertz CT molecular complexity index is 497. The van der Waals surface area contributed by atoms with Crippen molar-refractivity contribution in [3.8, 4) is 11.5 Å². The Morgan fingerprint density at radius 2 is 1.91 bits per heavy atom. The van der Waals surface area contributed by atoms with Gasteiger partial charge >= 0.3 is 0 Å². The van der Waals surface area contributed by atoms with Crippen LogP contribution in [0.3, 0.4) is 0 Å². The summed E-state index contributed by atoms with van der Waals surface area (Å²) in [5, 5.41) is 3.21. The molecule has 122 valence electrons. The number of rotatable bonds is 6. The van der Waals surface area contributed by atoms with Gasteiger partial charge in [-0.2, -0.15) is 0 Å². The Labute approximate surface area is 132 Å². The van der Waals surface area contributed by atoms with Gasteiger partial charge in [0.2, 0.25) is 5.91 Å². The third-order valence-electron chi connectivity index (χ3n) is 4.19. The van der Waals surface area contributed by atoms with Crippen LogP contribution < -0.4 is 14.8 Å². The Kier molecular flexibility index (Phi) is 6.07. The number of hydrogen-bond donors (Lipinski definition) is 1. The molecule has 1 aromatic rings. The van der Waals surface area contributed by atoms with Crippen molar-refractivity contribution >= 4 is 5.91 Å². The van der Waals surface area contributed by atoms with Crippen molar-refractivity contribution < 1.29 is 14.3 Å². The Balaban J connectivity index is 1.79. The summed E-state index contributed by atoms with van der Waals surface area (Å²) in [6.45, 7) is 5.03. The Morgan fingerprint density at radius 3 is 2.55 bits per heavy atom. The molecule has 1 aromatic carbocycles. The van der Waals surface area contributed by atoms with E-state index in [4.69, 9.17) is 9.47 Å². The van der Waals surface area contributed by atoms with Crippen LogP contribution in [-0.4, -0.2) is 44.7 Å². The summed E-state index contributed by atoms with van der Waals surface area (Å²) in [4.78, 5) is 14.1. The van der Waals surface area contributed by atoms with Crippen LogP contribution in [0.2, 0.25) is 0 Å². The fourth-order valence-electron chi connectivity index (χ4n) is 2.67. The summed E-state index contributed by atoms with van der Waals surface area (Å²) in [5.41, 5.74) is 1.07. The monoisotopic (exact) mass is 306 g/mol. The molecule has 0 spiro atoms. The SMILES string of the molecule is COc1ccc(CNCC(=O)N2CCC(C)CC2)cc1OC. The van der Waals surface area contributed by atoms with E-state index in [0.29, 0.717) is 24.6 Å². The molecule has 0 unspecified atom stereocenters. The van der Waals surface area contributed by atoms with E-state index >= 15 is 0 Å². The molecule has 0 radical (unpaired) electrons. The van der Waals surface area contributed by atoms with Crippen LogP contribution in [0.4, 0.5) is 0 Å². The molecule has 22 heavy (non-hydrogen) atoms. The topological polar surface area (TPSA) is 50.8 Å². The molecule has 1 saturated heterocycles. The number of nitrogens with one attached hydrogen (secondary N) is 1. The molecule has 0 aromatic heterocycles. The molecular formula is C17H26N2O3. The number of piperidine rings is 1. The summed E-state index contributed by atoms with van der Waals surface area (Å²) in [5.74, 6) is 2.35. The van der Waals surface area contributed by atoms with Gasteiger partial charge in [-0.05, 0) is 36.5 Å². The first-order valence-corrected chi connectivity index (χ1v) is 7.83. The highest BCUT2D eigenvalue weighted by molar-refractivity contribution is 5.78. The number of carbonyl (C=O) groups is 1. The van der Waals surface area contributed by atoms with E-state index in [1.165, 1.54) is 0 Å². The first-order valence-electron chi connectivity index (χ1n) is 7.83. The maximum atomic E-state index is 12.1. The third-order valence-corrected chi connectivity index (χ3v) is 4.19. The summed E-state index contributed by atoms with van der Waals surface area (Å²) in [6.07, 6.45) is 2.23. The first-order chi connectivity index (χ1) is 10.6. The van der Waals surface area contributed by atoms with Crippen molar-refractivity contribution in [2.45, 2.75) is 26.3 Å². The Morgan fingerprint density at radius 1 is 1.23 bits per heavy atom. The number of carbonyl (C=O) groups excluding carboxylic acids is 1. The van der Waals surface area contributed by atoms with Crippen molar-refractivity contribution in [2.24, 2.45) is 5.92 Å². The fourth-order valence-corrected chi connectivity index (χ4v) is 2.67. The Hall–Kier alpha value is -1.75. The van der Waals surface area contributed by atoms with Crippen LogP contribution in [0.5, 0.6) is 11.5 Å². The second kappa shape index (κ2) is 8.03. The lowest BCUT2D eigenvalue weighted by Gasteiger charge is -2.30. The molecule has 1 N–H and O–H groups in total.